The van der Waals surface area contributed by atoms with E-state index < -0.39 is 0 Å². The monoisotopic (exact) mass is 472 g/mol. The second-order valence-electron chi connectivity index (χ2n) is 8.56. The number of carbonyl (C=O) groups excluding carboxylic acids is 1. The van der Waals surface area contributed by atoms with Crippen LogP contribution < -0.4 is 9.47 Å². The third kappa shape index (κ3) is 7.88. The standard InChI is InChI=1S/C29H32N2O4/c32-29(31-17-9-1-2-10-18-31)23-35-30-20-26-15-16-27(33-21-24-11-5-3-6-12-24)28(19-26)34-22-25-13-7-4-8-14-25/h3-8,11-16,19-20H,1-2,9-10,17-18,21-23H2. The number of ether oxygens (including phenoxy) is 2. The van der Waals surface area contributed by atoms with Gasteiger partial charge < -0.3 is 19.2 Å². The van der Waals surface area contributed by atoms with Gasteiger partial charge in [-0.15, -0.1) is 0 Å². The molecule has 1 aliphatic heterocycles. The van der Waals surface area contributed by atoms with Crippen LogP contribution in [0.2, 0.25) is 0 Å². The Labute approximate surface area is 207 Å². The lowest BCUT2D eigenvalue weighted by Crippen LogP contribution is -2.34. The molecule has 4 rings (SSSR count). The third-order valence-electron chi connectivity index (χ3n) is 5.87. The van der Waals surface area contributed by atoms with Crippen LogP contribution in [-0.2, 0) is 22.8 Å². The fourth-order valence-electron chi connectivity index (χ4n) is 3.91. The Balaban J connectivity index is 1.38. The highest BCUT2D eigenvalue weighted by atomic mass is 16.6. The topological polar surface area (TPSA) is 60.4 Å². The summed E-state index contributed by atoms with van der Waals surface area (Å²) < 4.78 is 12.1. The van der Waals surface area contributed by atoms with E-state index in [0.29, 0.717) is 24.7 Å². The van der Waals surface area contributed by atoms with Crippen molar-refractivity contribution < 1.29 is 19.1 Å². The van der Waals surface area contributed by atoms with Gasteiger partial charge in [0, 0.05) is 18.7 Å². The maximum Gasteiger partial charge on any atom is 0.263 e. The SMILES string of the molecule is O=C(CON=Cc1ccc(OCc2ccccc2)c(OCc2ccccc2)c1)N1CCCCCC1. The molecular formula is C29H32N2O4. The molecule has 0 spiro atoms. The van der Waals surface area contributed by atoms with Gasteiger partial charge in [0.15, 0.2) is 18.1 Å². The summed E-state index contributed by atoms with van der Waals surface area (Å²) in [5.74, 6) is 1.26. The average molecular weight is 473 g/mol. The second-order valence-corrected chi connectivity index (χ2v) is 8.56. The van der Waals surface area contributed by atoms with Crippen molar-refractivity contribution in [3.8, 4) is 11.5 Å². The number of hydrogen-bond acceptors (Lipinski definition) is 5. The molecule has 182 valence electrons. The molecule has 1 fully saturated rings. The summed E-state index contributed by atoms with van der Waals surface area (Å²) >= 11 is 0. The summed E-state index contributed by atoms with van der Waals surface area (Å²) in [5.41, 5.74) is 2.94. The first-order valence-electron chi connectivity index (χ1n) is 12.2. The maximum atomic E-state index is 12.4. The van der Waals surface area contributed by atoms with Crippen LogP contribution in [0.25, 0.3) is 0 Å². The second kappa shape index (κ2) is 13.2. The predicted octanol–water partition coefficient (Wildman–Crippen LogP) is 5.60. The number of amides is 1. The van der Waals surface area contributed by atoms with E-state index in [1.807, 2.05) is 83.8 Å². The minimum atomic E-state index is -0.0495. The molecule has 0 aromatic heterocycles. The van der Waals surface area contributed by atoms with Crippen molar-refractivity contribution in [2.75, 3.05) is 19.7 Å². The largest absolute Gasteiger partial charge is 0.485 e. The number of benzene rings is 3. The number of nitrogens with zero attached hydrogens (tertiary/aromatic N) is 2. The molecule has 1 aliphatic rings. The molecule has 6 nitrogen and oxygen atoms in total. The summed E-state index contributed by atoms with van der Waals surface area (Å²) in [6.45, 7) is 2.42. The zero-order valence-corrected chi connectivity index (χ0v) is 20.0. The van der Waals surface area contributed by atoms with Gasteiger partial charge >= 0.3 is 0 Å². The Morgan fingerprint density at radius 1 is 0.771 bits per heavy atom. The molecule has 0 N–H and O–H groups in total. The number of oxime groups is 1. The lowest BCUT2D eigenvalue weighted by atomic mass is 10.2. The number of likely N-dealkylation sites (tertiary alicyclic amines) is 1. The van der Waals surface area contributed by atoms with E-state index in [9.17, 15) is 4.79 Å². The predicted molar refractivity (Wildman–Crippen MR) is 137 cm³/mol. The molecule has 0 unspecified atom stereocenters. The fraction of sp³-hybridized carbons (Fsp3) is 0.310. The Morgan fingerprint density at radius 2 is 1.37 bits per heavy atom. The molecule has 0 saturated carbocycles. The quantitative estimate of drug-likeness (QED) is 0.285. The van der Waals surface area contributed by atoms with Crippen LogP contribution in [-0.4, -0.2) is 36.7 Å². The molecule has 1 amide bonds. The van der Waals surface area contributed by atoms with Crippen LogP contribution in [0.1, 0.15) is 42.4 Å². The van der Waals surface area contributed by atoms with Crippen LogP contribution >= 0.6 is 0 Å². The first-order valence-corrected chi connectivity index (χ1v) is 12.2. The van der Waals surface area contributed by atoms with Gasteiger partial charge in [0.1, 0.15) is 13.2 Å². The molecule has 6 heteroatoms. The lowest BCUT2D eigenvalue weighted by molar-refractivity contribution is -0.136. The first-order chi connectivity index (χ1) is 17.3. The molecule has 0 atom stereocenters. The van der Waals surface area contributed by atoms with Crippen molar-refractivity contribution >= 4 is 12.1 Å². The third-order valence-corrected chi connectivity index (χ3v) is 5.87. The van der Waals surface area contributed by atoms with Gasteiger partial charge in [-0.1, -0.05) is 78.7 Å². The number of carbonyl (C=O) groups is 1. The van der Waals surface area contributed by atoms with Gasteiger partial charge in [-0.3, -0.25) is 4.79 Å². The van der Waals surface area contributed by atoms with E-state index in [2.05, 4.69) is 5.16 Å². The highest BCUT2D eigenvalue weighted by Gasteiger charge is 2.15. The van der Waals surface area contributed by atoms with Crippen LogP contribution in [0, 0.1) is 0 Å². The molecule has 0 aliphatic carbocycles. The Bertz CT molecular complexity index is 1080. The van der Waals surface area contributed by atoms with Gasteiger partial charge in [0.2, 0.25) is 0 Å². The normalized spacial score (nSPS) is 13.9. The summed E-state index contributed by atoms with van der Waals surface area (Å²) in [7, 11) is 0. The zero-order chi connectivity index (χ0) is 24.1. The minimum Gasteiger partial charge on any atom is -0.485 e. The molecule has 35 heavy (non-hydrogen) atoms. The Kier molecular flexibility index (Phi) is 9.16. The van der Waals surface area contributed by atoms with Crippen molar-refractivity contribution in [3.63, 3.8) is 0 Å². The van der Waals surface area contributed by atoms with E-state index in [0.717, 1.165) is 42.6 Å². The average Bonchev–Trinajstić information content (AvgIpc) is 3.20. The molecule has 0 radical (unpaired) electrons. The van der Waals surface area contributed by atoms with Crippen molar-refractivity contribution in [3.05, 3.63) is 95.6 Å². The molecule has 1 saturated heterocycles. The lowest BCUT2D eigenvalue weighted by Gasteiger charge is -2.19. The van der Waals surface area contributed by atoms with Gasteiger partial charge in [0.25, 0.3) is 5.91 Å². The summed E-state index contributed by atoms with van der Waals surface area (Å²) in [6, 6.07) is 25.6. The summed E-state index contributed by atoms with van der Waals surface area (Å²) in [6.07, 6.45) is 6.07. The van der Waals surface area contributed by atoms with Crippen molar-refractivity contribution in [1.82, 2.24) is 4.90 Å². The number of hydrogen-bond donors (Lipinski definition) is 0. The van der Waals surface area contributed by atoms with Crippen LogP contribution in [0.15, 0.2) is 84.0 Å². The Morgan fingerprint density at radius 3 is 2.00 bits per heavy atom. The highest BCUT2D eigenvalue weighted by Crippen LogP contribution is 2.29. The smallest absolute Gasteiger partial charge is 0.263 e. The van der Waals surface area contributed by atoms with Crippen molar-refractivity contribution in [2.24, 2.45) is 5.16 Å². The molecule has 3 aromatic carbocycles. The van der Waals surface area contributed by atoms with Crippen molar-refractivity contribution in [2.45, 2.75) is 38.9 Å². The van der Waals surface area contributed by atoms with Gasteiger partial charge in [-0.2, -0.15) is 0 Å². The van der Waals surface area contributed by atoms with E-state index >= 15 is 0 Å². The van der Waals surface area contributed by atoms with E-state index in [-0.39, 0.29) is 12.5 Å². The van der Waals surface area contributed by atoms with Gasteiger partial charge in [0.05, 0.1) is 6.21 Å². The maximum absolute atomic E-state index is 12.4. The van der Waals surface area contributed by atoms with Crippen LogP contribution in [0.5, 0.6) is 11.5 Å². The zero-order valence-electron chi connectivity index (χ0n) is 20.0. The number of rotatable bonds is 10. The van der Waals surface area contributed by atoms with E-state index in [1.54, 1.807) is 6.21 Å². The van der Waals surface area contributed by atoms with Crippen LogP contribution in [0.3, 0.4) is 0 Å². The van der Waals surface area contributed by atoms with E-state index in [1.165, 1.54) is 12.8 Å². The minimum absolute atomic E-state index is 0.0133. The van der Waals surface area contributed by atoms with Gasteiger partial charge in [-0.05, 0) is 42.2 Å². The first kappa shape index (κ1) is 24.3. The fourth-order valence-corrected chi connectivity index (χ4v) is 3.91. The van der Waals surface area contributed by atoms with E-state index in [4.69, 9.17) is 14.3 Å². The summed E-state index contributed by atoms with van der Waals surface area (Å²) in [5, 5.41) is 4.01. The molecule has 0 bridgehead atoms. The van der Waals surface area contributed by atoms with Gasteiger partial charge in [-0.25, -0.2) is 0 Å². The Hall–Kier alpha value is -3.80. The highest BCUT2D eigenvalue weighted by molar-refractivity contribution is 5.81. The molecule has 1 heterocycles. The molecule has 3 aromatic rings. The van der Waals surface area contributed by atoms with Crippen LogP contribution in [0.4, 0.5) is 0 Å². The molecular weight excluding hydrogens is 440 g/mol. The summed E-state index contributed by atoms with van der Waals surface area (Å²) in [4.78, 5) is 19.5. The van der Waals surface area contributed by atoms with Crippen molar-refractivity contribution in [1.29, 1.82) is 0 Å².